The van der Waals surface area contributed by atoms with E-state index in [-0.39, 0.29) is 73.9 Å². The van der Waals surface area contributed by atoms with E-state index in [1.54, 1.807) is 112 Å². The van der Waals surface area contributed by atoms with E-state index in [0.717, 1.165) is 10.5 Å². The molecule has 79 heavy (non-hydrogen) atoms. The highest BCUT2D eigenvalue weighted by atomic mass is 16.6. The number of hydrogen-bond acceptors (Lipinski definition) is 14. The maximum absolute atomic E-state index is 15.1. The second-order valence-electron chi connectivity index (χ2n) is 22.1. The Kier molecular flexibility index (Phi) is 22.1. The van der Waals surface area contributed by atoms with Gasteiger partial charge in [-0.2, -0.15) is 0 Å². The van der Waals surface area contributed by atoms with Crippen molar-refractivity contribution < 1.29 is 71.9 Å². The number of aryl methyl sites for hydroxylation is 2. The number of hydrogen-bond donors (Lipinski definition) is 8. The van der Waals surface area contributed by atoms with Crippen molar-refractivity contribution in [2.75, 3.05) is 39.9 Å². The number of nitrogens with one attached hydrogen (secondary N) is 7. The molecule has 4 rings (SSSR count). The molecule has 0 fully saturated rings. The van der Waals surface area contributed by atoms with E-state index in [9.17, 15) is 43.5 Å². The molecular weight excluding hydrogens is 1020 g/mol. The van der Waals surface area contributed by atoms with E-state index in [0.29, 0.717) is 16.7 Å². The lowest BCUT2D eigenvalue weighted by molar-refractivity contribution is -0.142. The number of carboxylic acid groups (broad SMARTS) is 1. The maximum atomic E-state index is 15.1. The largest absolute Gasteiger partial charge is 0.491 e. The molecule has 23 heteroatoms. The SMILES string of the molecule is Cc1ccc(C(=O)N[C@@H](CCNC(=O)OC(C)(C)C)C(=O)N(C)[C@@H]2C(=O)N[C@@H](C)C(=O)N[C@H](C(=O)N[C@@H](C)C(=O)O)Cc3ccc(OCCNC(=O)OC(C)(C)C)c(c3)-c3cc2ccc3OCCNC(=O)OC(C)(C)C)c(C)c1. The molecule has 0 saturated heterocycles. The molecule has 0 spiro atoms. The number of fused-ring (bicyclic) bond motifs is 5. The minimum Gasteiger partial charge on any atom is -0.491 e. The van der Waals surface area contributed by atoms with Gasteiger partial charge in [0.25, 0.3) is 5.91 Å². The van der Waals surface area contributed by atoms with E-state index in [1.165, 1.54) is 33.0 Å². The van der Waals surface area contributed by atoms with Crippen LogP contribution in [0.25, 0.3) is 11.1 Å². The monoisotopic (exact) mass is 1100 g/mol. The maximum Gasteiger partial charge on any atom is 0.407 e. The third-order valence-electron chi connectivity index (χ3n) is 11.6. The number of amides is 8. The Bertz CT molecular complexity index is 2730. The van der Waals surface area contributed by atoms with Crippen LogP contribution in [0.5, 0.6) is 11.5 Å². The Morgan fingerprint density at radius 3 is 1.72 bits per heavy atom. The zero-order valence-corrected chi connectivity index (χ0v) is 47.6. The van der Waals surface area contributed by atoms with Crippen LogP contribution in [0.3, 0.4) is 0 Å². The minimum atomic E-state index is -1.59. The molecule has 3 aromatic carbocycles. The number of nitrogens with zero attached hydrogens (tertiary/aromatic N) is 1. The summed E-state index contributed by atoms with van der Waals surface area (Å²) in [5.41, 5.74) is 0.537. The van der Waals surface area contributed by atoms with Gasteiger partial charge in [0, 0.05) is 36.7 Å². The average molecular weight is 1100 g/mol. The smallest absolute Gasteiger partial charge is 0.407 e. The normalized spacial score (nSPS) is 16.4. The quantitative estimate of drug-likeness (QED) is 0.0605. The Balaban J connectivity index is 1.94. The highest BCUT2D eigenvalue weighted by Gasteiger charge is 2.37. The predicted molar refractivity (Wildman–Crippen MR) is 291 cm³/mol. The number of benzene rings is 3. The highest BCUT2D eigenvalue weighted by Crippen LogP contribution is 2.40. The van der Waals surface area contributed by atoms with Crippen molar-refractivity contribution in [1.82, 2.24) is 42.1 Å². The van der Waals surface area contributed by atoms with Gasteiger partial charge in [-0.3, -0.25) is 28.8 Å². The first-order valence-electron chi connectivity index (χ1n) is 25.9. The van der Waals surface area contributed by atoms with Crippen molar-refractivity contribution in [2.45, 2.75) is 150 Å². The molecule has 4 bridgehead atoms. The zero-order chi connectivity index (χ0) is 59.2. The van der Waals surface area contributed by atoms with Crippen molar-refractivity contribution in [3.63, 3.8) is 0 Å². The van der Waals surface area contributed by atoms with E-state index < -0.39 is 101 Å². The molecule has 0 unspecified atom stereocenters. The Hall–Kier alpha value is -8.11. The number of likely N-dealkylation sites (N-methyl/N-ethyl adjacent to an activating group) is 1. The summed E-state index contributed by atoms with van der Waals surface area (Å²) in [6.07, 6.45) is -2.54. The van der Waals surface area contributed by atoms with Crippen molar-refractivity contribution in [3.05, 3.63) is 82.4 Å². The Morgan fingerprint density at radius 1 is 0.684 bits per heavy atom. The summed E-state index contributed by atoms with van der Waals surface area (Å²) in [6, 6.07) is 7.53. The fourth-order valence-electron chi connectivity index (χ4n) is 7.94. The number of carboxylic acids is 1. The van der Waals surface area contributed by atoms with Gasteiger partial charge in [0.1, 0.15) is 71.7 Å². The summed E-state index contributed by atoms with van der Waals surface area (Å²) in [7, 11) is 1.33. The standard InChI is InChI=1S/C56H78N8O15/c1-31-15-18-37(32(2)27-31)46(66)62-40(21-22-57-51(72)77-54(5,6)7)49(69)64(14)44-36-17-20-43(76-26-24-59-53(74)79-56(11,12)13)39(30-36)38-28-35(16-19-42(38)75-25-23-58-52(73)78-55(8,9)10)29-41(47(67)61-34(4)50(70)71)63-45(65)33(3)60-48(44)68/h15-20,27-28,30,33-34,40-41,44H,21-26,29H2,1-14H3,(H,57,72)(H,58,73)(H,59,74)(H,60,68)(H,61,67)(H,62,66)(H,63,65)(H,70,71)/t33-,34-,40-,41-,44-/m0/s1. The van der Waals surface area contributed by atoms with Gasteiger partial charge < -0.3 is 70.9 Å². The molecule has 3 aromatic rings. The zero-order valence-electron chi connectivity index (χ0n) is 47.6. The number of carbonyl (C=O) groups is 9. The molecule has 0 aromatic heterocycles. The van der Waals surface area contributed by atoms with E-state index in [1.807, 2.05) is 6.92 Å². The fourth-order valence-corrected chi connectivity index (χ4v) is 7.94. The van der Waals surface area contributed by atoms with Gasteiger partial charge in [-0.1, -0.05) is 29.8 Å². The van der Waals surface area contributed by atoms with Gasteiger partial charge in [0.2, 0.25) is 23.6 Å². The summed E-state index contributed by atoms with van der Waals surface area (Å²) in [6.45, 7) is 21.1. The first-order chi connectivity index (χ1) is 36.7. The van der Waals surface area contributed by atoms with Crippen LogP contribution in [0, 0.1) is 13.8 Å². The minimum absolute atomic E-state index is 0.0201. The molecule has 0 saturated carbocycles. The van der Waals surface area contributed by atoms with E-state index >= 15 is 4.79 Å². The van der Waals surface area contributed by atoms with Gasteiger partial charge in [-0.25, -0.2) is 14.4 Å². The second-order valence-corrected chi connectivity index (χ2v) is 22.1. The third kappa shape index (κ3) is 20.3. The molecule has 5 atom stereocenters. The molecule has 0 aliphatic carbocycles. The first kappa shape index (κ1) is 63.4. The van der Waals surface area contributed by atoms with Crippen molar-refractivity contribution in [1.29, 1.82) is 0 Å². The van der Waals surface area contributed by atoms with Crippen molar-refractivity contribution in [3.8, 4) is 22.6 Å². The van der Waals surface area contributed by atoms with Crippen molar-refractivity contribution >= 4 is 53.8 Å². The molecule has 432 valence electrons. The molecule has 1 aliphatic rings. The summed E-state index contributed by atoms with van der Waals surface area (Å²) < 4.78 is 28.8. The first-order valence-corrected chi connectivity index (χ1v) is 25.9. The van der Waals surface area contributed by atoms with E-state index in [4.69, 9.17) is 23.7 Å². The number of ether oxygens (including phenoxy) is 5. The van der Waals surface area contributed by atoms with Crippen LogP contribution < -0.4 is 46.7 Å². The summed E-state index contributed by atoms with van der Waals surface area (Å²) >= 11 is 0. The van der Waals surface area contributed by atoms with Crippen LogP contribution in [-0.4, -0.2) is 145 Å². The summed E-state index contributed by atoms with van der Waals surface area (Å²) in [4.78, 5) is 123. The molecule has 8 amide bonds. The number of carbonyl (C=O) groups excluding carboxylic acids is 8. The molecule has 8 N–H and O–H groups in total. The number of alkyl carbamates (subject to hydrolysis) is 3. The number of rotatable bonds is 18. The van der Waals surface area contributed by atoms with Gasteiger partial charge in [0.15, 0.2) is 0 Å². The Labute approximate surface area is 461 Å². The molecular formula is C56H78N8O15. The van der Waals surface area contributed by atoms with Gasteiger partial charge in [-0.05, 0) is 143 Å². The summed E-state index contributed by atoms with van der Waals surface area (Å²) in [5, 5.41) is 28.1. The highest BCUT2D eigenvalue weighted by molar-refractivity contribution is 6.00. The third-order valence-corrected chi connectivity index (χ3v) is 11.6. The van der Waals surface area contributed by atoms with Gasteiger partial charge in [0.05, 0.1) is 13.1 Å². The number of aliphatic carboxylic acids is 1. The van der Waals surface area contributed by atoms with Crippen molar-refractivity contribution in [2.24, 2.45) is 0 Å². The molecule has 0 radical (unpaired) electrons. The van der Waals surface area contributed by atoms with Crippen LogP contribution in [0.2, 0.25) is 0 Å². The molecule has 1 aliphatic heterocycles. The van der Waals surface area contributed by atoms with Crippen LogP contribution in [0.1, 0.15) is 121 Å². The lowest BCUT2D eigenvalue weighted by atomic mass is 9.93. The fraction of sp³-hybridized carbons (Fsp3) is 0.518. The van der Waals surface area contributed by atoms with Crippen LogP contribution >= 0.6 is 0 Å². The Morgan fingerprint density at radius 2 is 1.20 bits per heavy atom. The lowest BCUT2D eigenvalue weighted by Gasteiger charge is -2.33. The summed E-state index contributed by atoms with van der Waals surface area (Å²) in [5.74, 6) is -4.94. The average Bonchev–Trinajstić information content (AvgIpc) is 3.37. The van der Waals surface area contributed by atoms with Crippen LogP contribution in [-0.2, 0) is 44.6 Å². The predicted octanol–water partition coefficient (Wildman–Crippen LogP) is 5.13. The molecule has 23 nitrogen and oxygen atoms in total. The second kappa shape index (κ2) is 27.5. The van der Waals surface area contributed by atoms with E-state index in [2.05, 4.69) is 37.2 Å². The van der Waals surface area contributed by atoms with Crippen LogP contribution in [0.15, 0.2) is 54.6 Å². The van der Waals surface area contributed by atoms with Crippen LogP contribution in [0.4, 0.5) is 14.4 Å². The molecule has 1 heterocycles. The van der Waals surface area contributed by atoms with Gasteiger partial charge in [-0.15, -0.1) is 0 Å². The topological polar surface area (TPSA) is 307 Å². The lowest BCUT2D eigenvalue weighted by Crippen LogP contribution is -2.57. The van der Waals surface area contributed by atoms with Gasteiger partial charge >= 0.3 is 24.2 Å².